The van der Waals surface area contributed by atoms with E-state index in [1.807, 2.05) is 17.8 Å². The van der Waals surface area contributed by atoms with Crippen molar-refractivity contribution in [1.82, 2.24) is 9.80 Å². The average Bonchev–Trinajstić information content (AvgIpc) is 3.21. The highest BCUT2D eigenvalue weighted by atomic mass is 35.5. The zero-order valence-electron chi connectivity index (χ0n) is 13.5. The number of amides is 1. The number of carbonyl (C=O) groups is 1. The molecule has 2 aliphatic heterocycles. The SMILES string of the molecule is O=C(C1CCCN1Cc1sc2ccccc2c1Cl)N1CCSCC1. The van der Waals surface area contributed by atoms with Gasteiger partial charge in [-0.3, -0.25) is 9.69 Å². The fourth-order valence-electron chi connectivity index (χ4n) is 3.64. The van der Waals surface area contributed by atoms with Crippen LogP contribution < -0.4 is 0 Å². The van der Waals surface area contributed by atoms with Crippen LogP contribution in [0.4, 0.5) is 0 Å². The highest BCUT2D eigenvalue weighted by Crippen LogP contribution is 2.37. The molecule has 1 amide bonds. The Balaban J connectivity index is 1.52. The fraction of sp³-hybridized carbons (Fsp3) is 0.500. The Labute approximate surface area is 155 Å². The highest BCUT2D eigenvalue weighted by Gasteiger charge is 2.34. The summed E-state index contributed by atoms with van der Waals surface area (Å²) in [6.45, 7) is 3.58. The lowest BCUT2D eigenvalue weighted by molar-refractivity contribution is -0.135. The summed E-state index contributed by atoms with van der Waals surface area (Å²) in [6.07, 6.45) is 2.08. The van der Waals surface area contributed by atoms with Crippen molar-refractivity contribution in [3.05, 3.63) is 34.2 Å². The van der Waals surface area contributed by atoms with E-state index in [0.29, 0.717) is 5.91 Å². The van der Waals surface area contributed by atoms with E-state index in [1.54, 1.807) is 11.3 Å². The lowest BCUT2D eigenvalue weighted by Crippen LogP contribution is -2.48. The molecule has 0 radical (unpaired) electrons. The molecule has 0 aliphatic carbocycles. The van der Waals surface area contributed by atoms with Crippen molar-refractivity contribution in [2.45, 2.75) is 25.4 Å². The zero-order chi connectivity index (χ0) is 16.5. The predicted molar refractivity (Wildman–Crippen MR) is 104 cm³/mol. The van der Waals surface area contributed by atoms with E-state index >= 15 is 0 Å². The molecule has 128 valence electrons. The second-order valence-electron chi connectivity index (χ2n) is 6.40. The third kappa shape index (κ3) is 3.19. The fourth-order valence-corrected chi connectivity index (χ4v) is 6.06. The van der Waals surface area contributed by atoms with Crippen LogP contribution in [0.1, 0.15) is 17.7 Å². The minimum absolute atomic E-state index is 0.0365. The summed E-state index contributed by atoms with van der Waals surface area (Å²) >= 11 is 10.3. The molecular formula is C18H21ClN2OS2. The Morgan fingerprint density at radius 3 is 2.79 bits per heavy atom. The Hall–Kier alpha value is -0.750. The molecule has 2 aliphatic rings. The number of nitrogens with zero attached hydrogens (tertiary/aromatic N) is 2. The number of thiophene rings is 1. The predicted octanol–water partition coefficient (Wildman–Crippen LogP) is 4.09. The van der Waals surface area contributed by atoms with Crippen LogP contribution in [0.25, 0.3) is 10.1 Å². The molecule has 1 aromatic carbocycles. The number of thioether (sulfide) groups is 1. The van der Waals surface area contributed by atoms with Gasteiger partial charge in [0.2, 0.25) is 5.91 Å². The molecular weight excluding hydrogens is 360 g/mol. The summed E-state index contributed by atoms with van der Waals surface area (Å²) in [5.74, 6) is 2.46. The molecule has 1 unspecified atom stereocenters. The largest absolute Gasteiger partial charge is 0.340 e. The number of hydrogen-bond donors (Lipinski definition) is 0. The Morgan fingerprint density at radius 2 is 2.00 bits per heavy atom. The maximum atomic E-state index is 12.9. The van der Waals surface area contributed by atoms with Crippen molar-refractivity contribution in [2.24, 2.45) is 0 Å². The van der Waals surface area contributed by atoms with Crippen LogP contribution in [-0.2, 0) is 11.3 Å². The van der Waals surface area contributed by atoms with Gasteiger partial charge in [0.05, 0.1) is 11.1 Å². The van der Waals surface area contributed by atoms with E-state index in [4.69, 9.17) is 11.6 Å². The number of carbonyl (C=O) groups excluding carboxylic acids is 1. The molecule has 6 heteroatoms. The van der Waals surface area contributed by atoms with E-state index in [9.17, 15) is 4.79 Å². The van der Waals surface area contributed by atoms with Crippen molar-refractivity contribution in [3.8, 4) is 0 Å². The molecule has 3 nitrogen and oxygen atoms in total. The van der Waals surface area contributed by atoms with Crippen LogP contribution in [0.3, 0.4) is 0 Å². The number of rotatable bonds is 3. The normalized spacial score (nSPS) is 22.4. The van der Waals surface area contributed by atoms with Crippen molar-refractivity contribution in [1.29, 1.82) is 0 Å². The van der Waals surface area contributed by atoms with Crippen LogP contribution in [-0.4, -0.2) is 52.9 Å². The van der Waals surface area contributed by atoms with Crippen LogP contribution >= 0.6 is 34.7 Å². The van der Waals surface area contributed by atoms with Gasteiger partial charge in [-0.15, -0.1) is 11.3 Å². The first-order valence-corrected chi connectivity index (χ1v) is 10.9. The van der Waals surface area contributed by atoms with Gasteiger partial charge >= 0.3 is 0 Å². The first-order valence-electron chi connectivity index (χ1n) is 8.50. The van der Waals surface area contributed by atoms with E-state index < -0.39 is 0 Å². The third-order valence-electron chi connectivity index (χ3n) is 4.92. The maximum absolute atomic E-state index is 12.9. The standard InChI is InChI=1S/C18H21ClN2OS2/c19-17-13-4-1-2-6-15(13)24-16(17)12-21-7-3-5-14(21)18(22)20-8-10-23-11-9-20/h1-2,4,6,14H,3,5,7-12H2. The van der Waals surface area contributed by atoms with Gasteiger partial charge in [-0.05, 0) is 25.5 Å². The van der Waals surface area contributed by atoms with Crippen molar-refractivity contribution < 1.29 is 4.79 Å². The number of halogens is 1. The van der Waals surface area contributed by atoms with Gasteiger partial charge in [-0.1, -0.05) is 29.8 Å². The van der Waals surface area contributed by atoms with Gasteiger partial charge in [0, 0.05) is 46.1 Å². The second kappa shape index (κ2) is 7.24. The number of hydrogen-bond acceptors (Lipinski definition) is 4. The zero-order valence-corrected chi connectivity index (χ0v) is 15.9. The van der Waals surface area contributed by atoms with Crippen molar-refractivity contribution in [2.75, 3.05) is 31.1 Å². The molecule has 4 rings (SSSR count). The van der Waals surface area contributed by atoms with Crippen LogP contribution in [0.2, 0.25) is 5.02 Å². The number of likely N-dealkylation sites (tertiary alicyclic amines) is 1. The molecule has 0 N–H and O–H groups in total. The summed E-state index contributed by atoms with van der Waals surface area (Å²) in [6, 6.07) is 8.31. The Morgan fingerprint density at radius 1 is 1.21 bits per heavy atom. The summed E-state index contributed by atoms with van der Waals surface area (Å²) in [5.41, 5.74) is 0. The maximum Gasteiger partial charge on any atom is 0.239 e. The molecule has 3 heterocycles. The molecule has 1 atom stereocenters. The van der Waals surface area contributed by atoms with Crippen molar-refractivity contribution >= 4 is 50.7 Å². The Bertz CT molecular complexity index is 742. The van der Waals surface area contributed by atoms with E-state index in [-0.39, 0.29) is 6.04 Å². The monoisotopic (exact) mass is 380 g/mol. The van der Waals surface area contributed by atoms with Gasteiger partial charge < -0.3 is 4.90 Å². The summed E-state index contributed by atoms with van der Waals surface area (Å²) < 4.78 is 1.23. The first kappa shape index (κ1) is 16.7. The molecule has 2 fully saturated rings. The van der Waals surface area contributed by atoms with Gasteiger partial charge in [-0.2, -0.15) is 11.8 Å². The van der Waals surface area contributed by atoms with Crippen LogP contribution in [0, 0.1) is 0 Å². The summed E-state index contributed by atoms with van der Waals surface area (Å²) in [5, 5.41) is 2.00. The van der Waals surface area contributed by atoms with Crippen molar-refractivity contribution in [3.63, 3.8) is 0 Å². The molecule has 2 aromatic rings. The van der Waals surface area contributed by atoms with E-state index in [1.165, 1.54) is 9.58 Å². The van der Waals surface area contributed by atoms with Crippen LogP contribution in [0.5, 0.6) is 0 Å². The van der Waals surface area contributed by atoms with E-state index in [0.717, 1.165) is 60.9 Å². The second-order valence-corrected chi connectivity index (χ2v) is 9.14. The average molecular weight is 381 g/mol. The molecule has 24 heavy (non-hydrogen) atoms. The van der Waals surface area contributed by atoms with E-state index in [2.05, 4.69) is 28.0 Å². The van der Waals surface area contributed by atoms with Gasteiger partial charge in [0.15, 0.2) is 0 Å². The topological polar surface area (TPSA) is 23.6 Å². The summed E-state index contributed by atoms with van der Waals surface area (Å²) in [4.78, 5) is 18.5. The molecule has 0 saturated carbocycles. The molecule has 2 saturated heterocycles. The lowest BCUT2D eigenvalue weighted by atomic mass is 10.2. The Kier molecular flexibility index (Phi) is 5.04. The van der Waals surface area contributed by atoms with Crippen LogP contribution in [0.15, 0.2) is 24.3 Å². The lowest BCUT2D eigenvalue weighted by Gasteiger charge is -2.32. The molecule has 0 spiro atoms. The van der Waals surface area contributed by atoms with Gasteiger partial charge in [0.25, 0.3) is 0 Å². The quantitative estimate of drug-likeness (QED) is 0.801. The third-order valence-corrected chi connectivity index (χ3v) is 7.56. The smallest absolute Gasteiger partial charge is 0.239 e. The number of fused-ring (bicyclic) bond motifs is 1. The van der Waals surface area contributed by atoms with Gasteiger partial charge in [-0.25, -0.2) is 0 Å². The molecule has 1 aromatic heterocycles. The summed E-state index contributed by atoms with van der Waals surface area (Å²) in [7, 11) is 0. The first-order chi connectivity index (χ1) is 11.7. The minimum Gasteiger partial charge on any atom is -0.340 e. The minimum atomic E-state index is 0.0365. The number of benzene rings is 1. The highest BCUT2D eigenvalue weighted by molar-refractivity contribution is 7.99. The molecule has 0 bridgehead atoms. The van der Waals surface area contributed by atoms with Gasteiger partial charge in [0.1, 0.15) is 0 Å².